The summed E-state index contributed by atoms with van der Waals surface area (Å²) >= 11 is 7.46. The van der Waals surface area contributed by atoms with Crippen LogP contribution in [0.2, 0.25) is 5.02 Å². The molecule has 3 aromatic rings. The molecule has 5 rings (SSSR count). The number of fused-ring (bicyclic) bond motifs is 2. The summed E-state index contributed by atoms with van der Waals surface area (Å²) < 4.78 is 0. The van der Waals surface area contributed by atoms with Gasteiger partial charge in [-0.15, -0.1) is 11.3 Å². The molecule has 1 aromatic carbocycles. The summed E-state index contributed by atoms with van der Waals surface area (Å²) in [5.41, 5.74) is 0.563. The minimum Gasteiger partial charge on any atom is -0.381 e. The summed E-state index contributed by atoms with van der Waals surface area (Å²) in [6.07, 6.45) is 1.20. The van der Waals surface area contributed by atoms with Crippen molar-refractivity contribution in [3.05, 3.63) is 50.6 Å². The topological polar surface area (TPSA) is 131 Å². The van der Waals surface area contributed by atoms with E-state index in [9.17, 15) is 19.5 Å². The molecule has 2 aromatic heterocycles. The van der Waals surface area contributed by atoms with Gasteiger partial charge in [0.2, 0.25) is 0 Å². The number of benzene rings is 1. The largest absolute Gasteiger partial charge is 0.381 e. The van der Waals surface area contributed by atoms with Crippen molar-refractivity contribution < 1.29 is 19.5 Å². The van der Waals surface area contributed by atoms with E-state index in [4.69, 9.17) is 11.6 Å². The van der Waals surface area contributed by atoms with Crippen LogP contribution in [0.3, 0.4) is 0 Å². The summed E-state index contributed by atoms with van der Waals surface area (Å²) in [5.74, 6) is -1.09. The second kappa shape index (κ2) is 10.3. The average Bonchev–Trinajstić information content (AvgIpc) is 3.47. The minimum atomic E-state index is -1.54. The molecule has 4 N–H and O–H groups in total. The first-order chi connectivity index (χ1) is 18.0. The molecular formula is C26H31ClN6O4S. The number of thiazole rings is 1. The van der Waals surface area contributed by atoms with Crippen LogP contribution >= 0.6 is 22.9 Å². The number of aromatic nitrogens is 2. The fraction of sp³-hybridized carbons (Fsp3) is 0.462. The van der Waals surface area contributed by atoms with Crippen molar-refractivity contribution in [3.63, 3.8) is 0 Å². The second-order valence-electron chi connectivity index (χ2n) is 10.6. The highest BCUT2D eigenvalue weighted by atomic mass is 35.5. The number of aromatic amines is 1. The van der Waals surface area contributed by atoms with Crippen LogP contribution in [0.25, 0.3) is 10.9 Å². The number of nitrogens with zero attached hydrogens (tertiary/aromatic N) is 3. The van der Waals surface area contributed by atoms with Gasteiger partial charge in [0.1, 0.15) is 11.3 Å². The lowest BCUT2D eigenvalue weighted by Crippen LogP contribution is -2.63. The normalized spacial score (nSPS) is 20.3. The summed E-state index contributed by atoms with van der Waals surface area (Å²) in [4.78, 5) is 51.7. The number of nitrogens with one attached hydrogen (secondary N) is 3. The molecule has 2 atom stereocenters. The number of halogens is 1. The zero-order valence-corrected chi connectivity index (χ0v) is 23.1. The van der Waals surface area contributed by atoms with Gasteiger partial charge in [-0.1, -0.05) is 11.6 Å². The van der Waals surface area contributed by atoms with E-state index in [0.29, 0.717) is 28.7 Å². The van der Waals surface area contributed by atoms with Gasteiger partial charge in [-0.05, 0) is 51.6 Å². The highest BCUT2D eigenvalue weighted by Gasteiger charge is 2.38. The van der Waals surface area contributed by atoms with Gasteiger partial charge in [-0.2, -0.15) is 0 Å². The minimum absolute atomic E-state index is 0.148. The first-order valence-corrected chi connectivity index (χ1v) is 13.8. The van der Waals surface area contributed by atoms with Crippen molar-refractivity contribution in [2.75, 3.05) is 26.7 Å². The van der Waals surface area contributed by atoms with Crippen molar-refractivity contribution in [1.29, 1.82) is 0 Å². The zero-order valence-electron chi connectivity index (χ0n) is 21.5. The van der Waals surface area contributed by atoms with E-state index < -0.39 is 23.6 Å². The van der Waals surface area contributed by atoms with Crippen molar-refractivity contribution in [2.24, 2.45) is 0 Å². The first kappa shape index (κ1) is 26.6. The van der Waals surface area contributed by atoms with Gasteiger partial charge in [0.05, 0.1) is 17.8 Å². The molecular weight excluding hydrogens is 528 g/mol. The third-order valence-corrected chi connectivity index (χ3v) is 8.32. The lowest BCUT2D eigenvalue weighted by atomic mass is 9.96. The van der Waals surface area contributed by atoms with Crippen molar-refractivity contribution in [2.45, 2.75) is 50.9 Å². The van der Waals surface area contributed by atoms with E-state index >= 15 is 0 Å². The molecule has 0 spiro atoms. The smallest absolute Gasteiger partial charge is 0.280 e. The summed E-state index contributed by atoms with van der Waals surface area (Å²) in [6.45, 7) is 5.01. The number of hydrogen-bond acceptors (Lipinski definition) is 7. The number of likely N-dealkylation sites (N-methyl/N-ethyl adjacent to an activating group) is 1. The lowest BCUT2D eigenvalue weighted by Gasteiger charge is -2.40. The number of carbonyl (C=O) groups is 3. The van der Waals surface area contributed by atoms with Gasteiger partial charge in [-0.25, -0.2) is 4.98 Å². The van der Waals surface area contributed by atoms with Crippen LogP contribution in [0.15, 0.2) is 24.3 Å². The Labute approximate surface area is 229 Å². The van der Waals surface area contributed by atoms with Crippen LogP contribution in [0.1, 0.15) is 51.1 Å². The van der Waals surface area contributed by atoms with Gasteiger partial charge in [0.25, 0.3) is 17.7 Å². The lowest BCUT2D eigenvalue weighted by molar-refractivity contribution is -0.149. The summed E-state index contributed by atoms with van der Waals surface area (Å²) in [6, 6.07) is 6.05. The highest BCUT2D eigenvalue weighted by Crippen LogP contribution is 2.25. The van der Waals surface area contributed by atoms with E-state index in [0.717, 1.165) is 41.0 Å². The quantitative estimate of drug-likeness (QED) is 0.380. The van der Waals surface area contributed by atoms with Crippen molar-refractivity contribution in [3.8, 4) is 0 Å². The number of piperidine rings is 1. The molecule has 0 unspecified atom stereocenters. The fourth-order valence-corrected chi connectivity index (χ4v) is 6.24. The predicted octanol–water partition coefficient (Wildman–Crippen LogP) is 2.17. The van der Waals surface area contributed by atoms with Crippen LogP contribution in [-0.2, 0) is 17.8 Å². The first-order valence-electron chi connectivity index (χ1n) is 12.6. The Morgan fingerprint density at radius 1 is 1.16 bits per heavy atom. The number of likely N-dealkylation sites (tertiary alicyclic amines) is 1. The van der Waals surface area contributed by atoms with Crippen molar-refractivity contribution >= 4 is 51.6 Å². The number of aliphatic hydroxyl groups is 1. The van der Waals surface area contributed by atoms with Gasteiger partial charge in [-0.3, -0.25) is 14.4 Å². The van der Waals surface area contributed by atoms with Crippen LogP contribution in [0.5, 0.6) is 0 Å². The molecule has 1 fully saturated rings. The third-order valence-electron chi connectivity index (χ3n) is 7.00. The van der Waals surface area contributed by atoms with E-state index in [1.54, 1.807) is 18.2 Å². The molecule has 202 valence electrons. The number of hydrogen-bond donors (Lipinski definition) is 4. The van der Waals surface area contributed by atoms with Crippen LogP contribution in [0.4, 0.5) is 0 Å². The van der Waals surface area contributed by atoms with E-state index in [-0.39, 0.29) is 18.4 Å². The molecule has 2 aliphatic rings. The molecule has 2 aliphatic heterocycles. The molecule has 10 nitrogen and oxygen atoms in total. The highest BCUT2D eigenvalue weighted by molar-refractivity contribution is 7.13. The molecule has 4 heterocycles. The Morgan fingerprint density at radius 2 is 1.92 bits per heavy atom. The summed E-state index contributed by atoms with van der Waals surface area (Å²) in [5, 5.41) is 18.1. The van der Waals surface area contributed by atoms with Crippen LogP contribution in [-0.4, -0.2) is 87.0 Å². The van der Waals surface area contributed by atoms with Crippen LogP contribution < -0.4 is 10.6 Å². The third kappa shape index (κ3) is 5.56. The van der Waals surface area contributed by atoms with Crippen molar-refractivity contribution in [1.82, 2.24) is 30.4 Å². The van der Waals surface area contributed by atoms with E-state index in [1.807, 2.05) is 13.1 Å². The SMILES string of the molecule is CN1CCc2nc(C(=O)N[C@@H]3CN(C(=O)C(C)(C)O)CC[C@@H]3NC(=O)c3cc4cc(Cl)ccc4[nH]3)sc2C1. The van der Waals surface area contributed by atoms with Gasteiger partial charge >= 0.3 is 0 Å². The Hall–Kier alpha value is -2.99. The maximum absolute atomic E-state index is 13.3. The molecule has 38 heavy (non-hydrogen) atoms. The van der Waals surface area contributed by atoms with Crippen LogP contribution in [0, 0.1) is 0 Å². The number of carbonyl (C=O) groups excluding carboxylic acids is 3. The monoisotopic (exact) mass is 558 g/mol. The molecule has 1 saturated heterocycles. The van der Waals surface area contributed by atoms with Gasteiger partial charge in [0, 0.05) is 53.4 Å². The number of H-pyrrole nitrogens is 1. The van der Waals surface area contributed by atoms with Gasteiger partial charge in [0.15, 0.2) is 5.01 Å². The van der Waals surface area contributed by atoms with Gasteiger partial charge < -0.3 is 30.5 Å². The molecule has 3 amide bonds. The Kier molecular flexibility index (Phi) is 7.21. The summed E-state index contributed by atoms with van der Waals surface area (Å²) in [7, 11) is 2.04. The Balaban J connectivity index is 1.35. The molecule has 0 bridgehead atoms. The second-order valence-corrected chi connectivity index (χ2v) is 12.1. The molecule has 0 radical (unpaired) electrons. The molecule has 0 saturated carbocycles. The molecule has 0 aliphatic carbocycles. The number of rotatable bonds is 5. The standard InChI is InChI=1S/C26H31ClN6O4S/c1-26(2,37)25(36)33-9-7-17(29-22(34)19-11-14-10-15(27)4-5-16(14)28-19)20(12-33)30-23(35)24-31-18-6-8-32(3)13-21(18)38-24/h4-5,10-11,17,20,28,37H,6-9,12-13H2,1-3H3,(H,29,34)(H,30,35)/t17-,20+/m0/s1. The predicted molar refractivity (Wildman–Crippen MR) is 145 cm³/mol. The van der Waals surface area contributed by atoms with E-state index in [1.165, 1.54) is 30.1 Å². The average molecular weight is 559 g/mol. The maximum atomic E-state index is 13.3. The fourth-order valence-electron chi connectivity index (χ4n) is 4.96. The maximum Gasteiger partial charge on any atom is 0.280 e. The zero-order chi connectivity index (χ0) is 27.2. The Bertz CT molecular complexity index is 1400. The molecule has 12 heteroatoms. The Morgan fingerprint density at radius 3 is 2.68 bits per heavy atom. The van der Waals surface area contributed by atoms with E-state index in [2.05, 4.69) is 25.5 Å². The number of amides is 3.